The number of amides is 1. The van der Waals surface area contributed by atoms with E-state index in [0.717, 1.165) is 25.9 Å². The normalized spacial score (nSPS) is 21.8. The standard InChI is InChI=1S/C8H15ClN2O/c1-7(9)8(12)10-11-5-3-2-4-6-11/h7H,2-6H2,1H3,(H,10,12). The van der Waals surface area contributed by atoms with Crippen LogP contribution in [0.1, 0.15) is 26.2 Å². The third-order valence-electron chi connectivity index (χ3n) is 1.99. The SMILES string of the molecule is CC(Cl)C(=O)NN1CCCCC1. The van der Waals surface area contributed by atoms with Gasteiger partial charge in [-0.15, -0.1) is 11.6 Å². The van der Waals surface area contributed by atoms with Crippen molar-refractivity contribution in [2.24, 2.45) is 0 Å². The van der Waals surface area contributed by atoms with Crippen molar-refractivity contribution in [3.05, 3.63) is 0 Å². The molecule has 0 aromatic heterocycles. The van der Waals surface area contributed by atoms with Gasteiger partial charge < -0.3 is 0 Å². The molecule has 1 amide bonds. The summed E-state index contributed by atoms with van der Waals surface area (Å²) in [6.45, 7) is 3.59. The number of rotatable bonds is 2. The van der Waals surface area contributed by atoms with Crippen LogP contribution in [-0.4, -0.2) is 29.4 Å². The van der Waals surface area contributed by atoms with Gasteiger partial charge in [0.2, 0.25) is 0 Å². The molecule has 0 aromatic carbocycles. The second-order valence-corrected chi connectivity index (χ2v) is 3.79. The largest absolute Gasteiger partial charge is 0.288 e. The summed E-state index contributed by atoms with van der Waals surface area (Å²) in [6.07, 6.45) is 3.59. The van der Waals surface area contributed by atoms with Crippen LogP contribution in [0.15, 0.2) is 0 Å². The number of hydrogen-bond acceptors (Lipinski definition) is 2. The highest BCUT2D eigenvalue weighted by molar-refractivity contribution is 6.30. The van der Waals surface area contributed by atoms with E-state index < -0.39 is 5.38 Å². The molecule has 0 bridgehead atoms. The van der Waals surface area contributed by atoms with Crippen LogP contribution in [0.5, 0.6) is 0 Å². The average molecular weight is 191 g/mol. The van der Waals surface area contributed by atoms with Gasteiger partial charge in [-0.3, -0.25) is 10.2 Å². The van der Waals surface area contributed by atoms with Crippen LogP contribution in [0.3, 0.4) is 0 Å². The molecule has 4 heteroatoms. The Hall–Kier alpha value is -0.280. The van der Waals surface area contributed by atoms with Gasteiger partial charge in [0, 0.05) is 13.1 Å². The number of carbonyl (C=O) groups is 1. The van der Waals surface area contributed by atoms with Crippen LogP contribution >= 0.6 is 11.6 Å². The molecule has 0 aromatic rings. The summed E-state index contributed by atoms with van der Waals surface area (Å²) in [4.78, 5) is 11.1. The summed E-state index contributed by atoms with van der Waals surface area (Å²) in [6, 6.07) is 0. The molecular formula is C8H15ClN2O. The van der Waals surface area contributed by atoms with Crippen LogP contribution in [0.4, 0.5) is 0 Å². The minimum Gasteiger partial charge on any atom is -0.288 e. The highest BCUT2D eigenvalue weighted by Crippen LogP contribution is 2.06. The maximum absolute atomic E-state index is 11.1. The third kappa shape index (κ3) is 2.99. The van der Waals surface area contributed by atoms with Crippen molar-refractivity contribution in [2.45, 2.75) is 31.6 Å². The highest BCUT2D eigenvalue weighted by atomic mass is 35.5. The third-order valence-corrected chi connectivity index (χ3v) is 2.18. The minimum atomic E-state index is -0.438. The first-order chi connectivity index (χ1) is 5.70. The predicted molar refractivity (Wildman–Crippen MR) is 48.9 cm³/mol. The van der Waals surface area contributed by atoms with E-state index >= 15 is 0 Å². The van der Waals surface area contributed by atoms with Gasteiger partial charge in [0.25, 0.3) is 5.91 Å². The Labute approximate surface area is 78.0 Å². The lowest BCUT2D eigenvalue weighted by Crippen LogP contribution is -2.47. The summed E-state index contributed by atoms with van der Waals surface area (Å²) in [5.41, 5.74) is 2.78. The van der Waals surface area contributed by atoms with Crippen LogP contribution in [0.2, 0.25) is 0 Å². The molecule has 0 spiro atoms. The molecule has 0 aliphatic carbocycles. The Morgan fingerprint density at radius 2 is 2.00 bits per heavy atom. The van der Waals surface area contributed by atoms with Gasteiger partial charge >= 0.3 is 0 Å². The number of nitrogens with one attached hydrogen (secondary N) is 1. The number of nitrogens with zero attached hydrogens (tertiary/aromatic N) is 1. The highest BCUT2D eigenvalue weighted by Gasteiger charge is 2.15. The number of hydrazine groups is 1. The van der Waals surface area contributed by atoms with E-state index in [1.165, 1.54) is 6.42 Å². The molecule has 1 unspecified atom stereocenters. The molecule has 1 N–H and O–H groups in total. The van der Waals surface area contributed by atoms with Crippen molar-refractivity contribution in [2.75, 3.05) is 13.1 Å². The smallest absolute Gasteiger partial charge is 0.252 e. The number of halogens is 1. The van der Waals surface area contributed by atoms with Crippen LogP contribution in [-0.2, 0) is 4.79 Å². The maximum Gasteiger partial charge on any atom is 0.252 e. The summed E-state index contributed by atoms with van der Waals surface area (Å²) in [5, 5.41) is 1.51. The molecule has 1 fully saturated rings. The number of hydrogen-bond donors (Lipinski definition) is 1. The quantitative estimate of drug-likeness (QED) is 0.663. The lowest BCUT2D eigenvalue weighted by Gasteiger charge is -2.27. The van der Waals surface area contributed by atoms with E-state index in [9.17, 15) is 4.79 Å². The van der Waals surface area contributed by atoms with Crippen molar-refractivity contribution in [3.63, 3.8) is 0 Å². The molecule has 70 valence electrons. The Morgan fingerprint density at radius 1 is 1.42 bits per heavy atom. The molecule has 1 aliphatic rings. The van der Waals surface area contributed by atoms with Crippen LogP contribution < -0.4 is 5.43 Å². The molecule has 0 saturated carbocycles. The first kappa shape index (κ1) is 9.81. The fourth-order valence-electron chi connectivity index (χ4n) is 1.25. The van der Waals surface area contributed by atoms with E-state index in [4.69, 9.17) is 11.6 Å². The monoisotopic (exact) mass is 190 g/mol. The molecule has 1 saturated heterocycles. The minimum absolute atomic E-state index is 0.0985. The molecule has 1 aliphatic heterocycles. The number of piperidine rings is 1. The lowest BCUT2D eigenvalue weighted by molar-refractivity contribution is -0.125. The van der Waals surface area contributed by atoms with E-state index in [-0.39, 0.29) is 5.91 Å². The van der Waals surface area contributed by atoms with E-state index in [2.05, 4.69) is 5.43 Å². The van der Waals surface area contributed by atoms with Gasteiger partial charge in [0.15, 0.2) is 0 Å². The summed E-state index contributed by atoms with van der Waals surface area (Å²) < 4.78 is 0. The van der Waals surface area contributed by atoms with Crippen molar-refractivity contribution in [1.82, 2.24) is 10.4 Å². The average Bonchev–Trinajstić information content (AvgIpc) is 2.06. The second-order valence-electron chi connectivity index (χ2n) is 3.14. The van der Waals surface area contributed by atoms with Gasteiger partial charge in [-0.2, -0.15) is 0 Å². The molecule has 1 heterocycles. The molecular weight excluding hydrogens is 176 g/mol. The number of carbonyl (C=O) groups excluding carboxylic acids is 1. The first-order valence-electron chi connectivity index (χ1n) is 4.39. The topological polar surface area (TPSA) is 32.3 Å². The Morgan fingerprint density at radius 3 is 2.50 bits per heavy atom. The van der Waals surface area contributed by atoms with Crippen LogP contribution in [0, 0.1) is 0 Å². The Balaban J connectivity index is 2.24. The Kier molecular flexibility index (Phi) is 3.82. The Bertz CT molecular complexity index is 155. The van der Waals surface area contributed by atoms with Crippen molar-refractivity contribution < 1.29 is 4.79 Å². The van der Waals surface area contributed by atoms with E-state index in [1.807, 2.05) is 5.01 Å². The van der Waals surface area contributed by atoms with E-state index in [1.54, 1.807) is 6.92 Å². The van der Waals surface area contributed by atoms with Gasteiger partial charge in [0.05, 0.1) is 0 Å². The zero-order valence-corrected chi connectivity index (χ0v) is 8.10. The van der Waals surface area contributed by atoms with E-state index in [0.29, 0.717) is 0 Å². The molecule has 3 nitrogen and oxygen atoms in total. The number of alkyl halides is 1. The summed E-state index contributed by atoms with van der Waals surface area (Å²) >= 11 is 5.61. The molecule has 12 heavy (non-hydrogen) atoms. The zero-order valence-electron chi connectivity index (χ0n) is 7.35. The summed E-state index contributed by atoms with van der Waals surface area (Å²) in [5.74, 6) is -0.0985. The van der Waals surface area contributed by atoms with Crippen molar-refractivity contribution >= 4 is 17.5 Å². The van der Waals surface area contributed by atoms with Crippen molar-refractivity contribution in [3.8, 4) is 0 Å². The van der Waals surface area contributed by atoms with Crippen molar-refractivity contribution in [1.29, 1.82) is 0 Å². The zero-order chi connectivity index (χ0) is 8.97. The summed E-state index contributed by atoms with van der Waals surface area (Å²) in [7, 11) is 0. The van der Waals surface area contributed by atoms with Gasteiger partial charge in [-0.05, 0) is 19.8 Å². The second kappa shape index (κ2) is 4.67. The lowest BCUT2D eigenvalue weighted by atomic mass is 10.2. The predicted octanol–water partition coefficient (Wildman–Crippen LogP) is 1.13. The fraction of sp³-hybridized carbons (Fsp3) is 0.875. The van der Waals surface area contributed by atoms with Gasteiger partial charge in [0.1, 0.15) is 5.38 Å². The maximum atomic E-state index is 11.1. The van der Waals surface area contributed by atoms with Gasteiger partial charge in [-0.25, -0.2) is 5.01 Å². The van der Waals surface area contributed by atoms with Crippen LogP contribution in [0.25, 0.3) is 0 Å². The van der Waals surface area contributed by atoms with Gasteiger partial charge in [-0.1, -0.05) is 6.42 Å². The molecule has 1 atom stereocenters. The molecule has 1 rings (SSSR count). The fourth-order valence-corrected chi connectivity index (χ4v) is 1.30. The first-order valence-corrected chi connectivity index (χ1v) is 4.83. The molecule has 0 radical (unpaired) electrons.